The van der Waals surface area contributed by atoms with Crippen molar-refractivity contribution < 1.29 is 14.7 Å². The zero-order chi connectivity index (χ0) is 11.9. The molecule has 0 spiro atoms. The second kappa shape index (κ2) is 3.58. The van der Waals surface area contributed by atoms with Crippen molar-refractivity contribution in [3.63, 3.8) is 0 Å². The molecule has 0 aliphatic heterocycles. The summed E-state index contributed by atoms with van der Waals surface area (Å²) >= 11 is 0. The van der Waals surface area contributed by atoms with Crippen LogP contribution in [0.1, 0.15) is 33.1 Å². The summed E-state index contributed by atoms with van der Waals surface area (Å²) in [4.78, 5) is 23.2. The summed E-state index contributed by atoms with van der Waals surface area (Å²) < 4.78 is 0. The number of hydrogen-bond donors (Lipinski definition) is 1. The Hall–Kier alpha value is -1.38. The average Bonchev–Trinajstić information content (AvgIpc) is 2.14. The number of carbonyl (C=O) groups excluding carboxylic acids is 1. The smallest absolute Gasteiger partial charge is 0.314 e. The van der Waals surface area contributed by atoms with E-state index in [0.717, 1.165) is 11.1 Å². The minimum Gasteiger partial charge on any atom is -0.481 e. The van der Waals surface area contributed by atoms with Gasteiger partial charge in [0, 0.05) is 18.8 Å². The molecule has 0 aromatic heterocycles. The van der Waals surface area contributed by atoms with Gasteiger partial charge in [-0.25, -0.2) is 0 Å². The molecule has 2 aliphatic rings. The number of ketones is 1. The van der Waals surface area contributed by atoms with Crippen LogP contribution in [-0.4, -0.2) is 16.9 Å². The van der Waals surface area contributed by atoms with Gasteiger partial charge in [-0.05, 0) is 25.8 Å². The van der Waals surface area contributed by atoms with Gasteiger partial charge in [0.2, 0.25) is 0 Å². The lowest BCUT2D eigenvalue weighted by Gasteiger charge is -2.42. The van der Waals surface area contributed by atoms with E-state index in [9.17, 15) is 14.7 Å². The van der Waals surface area contributed by atoms with Crippen LogP contribution in [0.4, 0.5) is 0 Å². The Labute approximate surface area is 94.8 Å². The number of Topliss-reactive ketones (excluding diaryl/α,β-unsaturated/α-hetero) is 1. The molecule has 2 bridgehead atoms. The van der Waals surface area contributed by atoms with Crippen molar-refractivity contribution in [1.82, 2.24) is 0 Å². The summed E-state index contributed by atoms with van der Waals surface area (Å²) in [7, 11) is 0. The Morgan fingerprint density at radius 3 is 2.81 bits per heavy atom. The van der Waals surface area contributed by atoms with E-state index in [1.165, 1.54) is 0 Å². The highest BCUT2D eigenvalue weighted by atomic mass is 16.4. The van der Waals surface area contributed by atoms with Gasteiger partial charge in [0.05, 0.1) is 5.41 Å². The molecule has 3 heteroatoms. The Balaban J connectivity index is 2.57. The SMILES string of the molecule is CC=C1C2C=C(C)CC1(C(=O)O)CC(=O)C2. The molecular formula is C13H16O3. The fourth-order valence-corrected chi connectivity index (χ4v) is 3.18. The largest absolute Gasteiger partial charge is 0.481 e. The molecular weight excluding hydrogens is 204 g/mol. The predicted molar refractivity (Wildman–Crippen MR) is 59.9 cm³/mol. The molecule has 0 aromatic carbocycles. The van der Waals surface area contributed by atoms with Crippen LogP contribution in [0.15, 0.2) is 23.3 Å². The number of hydrogen-bond acceptors (Lipinski definition) is 2. The Morgan fingerprint density at radius 1 is 1.56 bits per heavy atom. The first kappa shape index (κ1) is 11.1. The third-order valence-electron chi connectivity index (χ3n) is 3.69. The van der Waals surface area contributed by atoms with Gasteiger partial charge in [-0.15, -0.1) is 0 Å². The zero-order valence-electron chi connectivity index (χ0n) is 9.62. The fraction of sp³-hybridized carbons (Fsp3) is 0.538. The van der Waals surface area contributed by atoms with E-state index in [0.29, 0.717) is 12.8 Å². The van der Waals surface area contributed by atoms with Gasteiger partial charge in [-0.1, -0.05) is 17.7 Å². The highest BCUT2D eigenvalue weighted by molar-refractivity contribution is 5.92. The lowest BCUT2D eigenvalue weighted by molar-refractivity contribution is -0.151. The molecule has 2 rings (SSSR count). The second-order valence-corrected chi connectivity index (χ2v) is 4.85. The second-order valence-electron chi connectivity index (χ2n) is 4.85. The van der Waals surface area contributed by atoms with E-state index >= 15 is 0 Å². The van der Waals surface area contributed by atoms with Gasteiger partial charge in [-0.2, -0.15) is 0 Å². The maximum atomic E-state index is 11.6. The standard InChI is InChI=1S/C13H16O3/c1-3-11-9-4-8(2)6-13(11,12(15)16)7-10(14)5-9/h3-4,9H,5-7H2,1-2H3,(H,15,16). The summed E-state index contributed by atoms with van der Waals surface area (Å²) in [6.45, 7) is 3.82. The van der Waals surface area contributed by atoms with Gasteiger partial charge < -0.3 is 5.11 Å². The van der Waals surface area contributed by atoms with Crippen molar-refractivity contribution in [2.45, 2.75) is 33.1 Å². The number of carboxylic acid groups (broad SMARTS) is 1. The summed E-state index contributed by atoms with van der Waals surface area (Å²) in [5.41, 5.74) is 1.06. The first-order chi connectivity index (χ1) is 7.49. The van der Waals surface area contributed by atoms with Crippen molar-refractivity contribution in [3.8, 4) is 0 Å². The molecule has 1 fully saturated rings. The average molecular weight is 220 g/mol. The number of fused-ring (bicyclic) bond motifs is 2. The third kappa shape index (κ3) is 1.42. The molecule has 1 saturated carbocycles. The Bertz CT molecular complexity index is 417. The molecule has 1 N–H and O–H groups in total. The summed E-state index contributed by atoms with van der Waals surface area (Å²) in [5, 5.41) is 9.46. The van der Waals surface area contributed by atoms with Crippen LogP contribution in [0.2, 0.25) is 0 Å². The molecule has 2 unspecified atom stereocenters. The van der Waals surface area contributed by atoms with Crippen molar-refractivity contribution in [1.29, 1.82) is 0 Å². The molecule has 0 radical (unpaired) electrons. The van der Waals surface area contributed by atoms with E-state index in [1.54, 1.807) is 0 Å². The first-order valence-corrected chi connectivity index (χ1v) is 5.58. The molecule has 86 valence electrons. The molecule has 16 heavy (non-hydrogen) atoms. The van der Waals surface area contributed by atoms with Crippen LogP contribution >= 0.6 is 0 Å². The summed E-state index contributed by atoms with van der Waals surface area (Å²) in [6, 6.07) is 0. The van der Waals surface area contributed by atoms with Crippen LogP contribution in [0, 0.1) is 11.3 Å². The molecule has 2 atom stereocenters. The number of rotatable bonds is 1. The highest BCUT2D eigenvalue weighted by Crippen LogP contribution is 2.51. The van der Waals surface area contributed by atoms with Gasteiger partial charge in [-0.3, -0.25) is 9.59 Å². The van der Waals surface area contributed by atoms with Crippen LogP contribution in [0.5, 0.6) is 0 Å². The lowest BCUT2D eigenvalue weighted by atomic mass is 9.59. The number of carboxylic acids is 1. The molecule has 0 saturated heterocycles. The Morgan fingerprint density at radius 2 is 2.25 bits per heavy atom. The van der Waals surface area contributed by atoms with E-state index < -0.39 is 11.4 Å². The normalized spacial score (nSPS) is 36.1. The summed E-state index contributed by atoms with van der Waals surface area (Å²) in [6.07, 6.45) is 5.03. The minimum atomic E-state index is -0.951. The van der Waals surface area contributed by atoms with Crippen LogP contribution in [-0.2, 0) is 9.59 Å². The maximum absolute atomic E-state index is 11.6. The molecule has 2 aliphatic carbocycles. The lowest BCUT2D eigenvalue weighted by Crippen LogP contribution is -2.44. The van der Waals surface area contributed by atoms with Crippen LogP contribution in [0.25, 0.3) is 0 Å². The monoisotopic (exact) mass is 220 g/mol. The topological polar surface area (TPSA) is 54.4 Å². The zero-order valence-corrected chi connectivity index (χ0v) is 9.62. The van der Waals surface area contributed by atoms with Crippen molar-refractivity contribution >= 4 is 11.8 Å². The molecule has 0 aromatic rings. The number of carbonyl (C=O) groups is 2. The third-order valence-corrected chi connectivity index (χ3v) is 3.69. The molecule has 0 amide bonds. The molecule has 0 heterocycles. The van der Waals surface area contributed by atoms with Gasteiger partial charge >= 0.3 is 5.97 Å². The van der Waals surface area contributed by atoms with Gasteiger partial charge in [0.1, 0.15) is 5.78 Å². The Kier molecular flexibility index (Phi) is 2.49. The maximum Gasteiger partial charge on any atom is 0.314 e. The number of allylic oxidation sites excluding steroid dienone is 3. The molecule has 3 nitrogen and oxygen atoms in total. The first-order valence-electron chi connectivity index (χ1n) is 5.58. The van der Waals surface area contributed by atoms with Crippen LogP contribution < -0.4 is 0 Å². The van der Waals surface area contributed by atoms with E-state index in [4.69, 9.17) is 0 Å². The van der Waals surface area contributed by atoms with E-state index in [-0.39, 0.29) is 18.1 Å². The minimum absolute atomic E-state index is 0.0103. The van der Waals surface area contributed by atoms with E-state index in [2.05, 4.69) is 0 Å². The van der Waals surface area contributed by atoms with Crippen molar-refractivity contribution in [2.75, 3.05) is 0 Å². The predicted octanol–water partition coefficient (Wildman–Crippen LogP) is 2.33. The van der Waals surface area contributed by atoms with Crippen molar-refractivity contribution in [2.24, 2.45) is 11.3 Å². The summed E-state index contributed by atoms with van der Waals surface area (Å²) in [5.74, 6) is -0.774. The quantitative estimate of drug-likeness (QED) is 0.690. The van der Waals surface area contributed by atoms with Crippen molar-refractivity contribution in [3.05, 3.63) is 23.3 Å². The van der Waals surface area contributed by atoms with Gasteiger partial charge in [0.25, 0.3) is 0 Å². The number of aliphatic carboxylic acids is 1. The van der Waals surface area contributed by atoms with Crippen LogP contribution in [0.3, 0.4) is 0 Å². The fourth-order valence-electron chi connectivity index (χ4n) is 3.18. The highest BCUT2D eigenvalue weighted by Gasteiger charge is 2.51. The van der Waals surface area contributed by atoms with E-state index in [1.807, 2.05) is 26.0 Å². The van der Waals surface area contributed by atoms with Gasteiger partial charge in [0.15, 0.2) is 0 Å².